The van der Waals surface area contributed by atoms with Gasteiger partial charge in [-0.1, -0.05) is 20.8 Å². The molecule has 0 fully saturated rings. The summed E-state index contributed by atoms with van der Waals surface area (Å²) in [7, 11) is 1.60. The Hall–Kier alpha value is -1.36. The molecule has 5 heteroatoms. The van der Waals surface area contributed by atoms with Crippen LogP contribution in [0.3, 0.4) is 0 Å². The molecule has 0 aliphatic heterocycles. The largest absolute Gasteiger partial charge is 0.475 e. The maximum absolute atomic E-state index is 11.2. The van der Waals surface area contributed by atoms with E-state index in [0.29, 0.717) is 18.0 Å². The van der Waals surface area contributed by atoms with E-state index in [4.69, 9.17) is 14.3 Å². The average Bonchev–Trinajstić information content (AvgIpc) is 2.60. The highest BCUT2D eigenvalue weighted by atomic mass is 16.5. The molecule has 0 aliphatic rings. The van der Waals surface area contributed by atoms with Crippen molar-refractivity contribution in [1.29, 1.82) is 0 Å². The zero-order valence-corrected chi connectivity index (χ0v) is 11.8. The molecule has 0 aliphatic carbocycles. The minimum atomic E-state index is -1.09. The van der Waals surface area contributed by atoms with Gasteiger partial charge in [-0.25, -0.2) is 9.78 Å². The number of carbonyl (C=O) groups is 1. The first kappa shape index (κ1) is 14.7. The van der Waals surface area contributed by atoms with Crippen molar-refractivity contribution < 1.29 is 19.1 Å². The summed E-state index contributed by atoms with van der Waals surface area (Å²) in [4.78, 5) is 15.5. The summed E-state index contributed by atoms with van der Waals surface area (Å²) in [6, 6.07) is 0. The maximum Gasteiger partial charge on any atom is 0.373 e. The number of rotatable bonds is 4. The lowest BCUT2D eigenvalue weighted by Crippen LogP contribution is -2.25. The smallest absolute Gasteiger partial charge is 0.373 e. The molecule has 1 heterocycles. The Kier molecular flexibility index (Phi) is 3.86. The van der Waals surface area contributed by atoms with Crippen molar-refractivity contribution in [3.8, 4) is 0 Å². The van der Waals surface area contributed by atoms with Crippen LogP contribution in [0.4, 0.5) is 0 Å². The molecule has 5 nitrogen and oxygen atoms in total. The highest BCUT2D eigenvalue weighted by Gasteiger charge is 2.30. The summed E-state index contributed by atoms with van der Waals surface area (Å²) >= 11 is 0. The molecule has 0 unspecified atom stereocenters. The molecule has 0 saturated heterocycles. The Labute approximate surface area is 107 Å². The number of aromatic nitrogens is 1. The number of hydrogen-bond donors (Lipinski definition) is 1. The monoisotopic (exact) mass is 255 g/mol. The van der Waals surface area contributed by atoms with Gasteiger partial charge in [0.05, 0.1) is 17.7 Å². The Morgan fingerprint density at radius 3 is 2.22 bits per heavy atom. The zero-order valence-electron chi connectivity index (χ0n) is 11.8. The summed E-state index contributed by atoms with van der Waals surface area (Å²) in [6.45, 7) is 9.51. The molecule has 0 spiro atoms. The summed E-state index contributed by atoms with van der Waals surface area (Å²) in [5, 5.41) is 9.13. The van der Waals surface area contributed by atoms with E-state index in [2.05, 4.69) is 4.98 Å². The number of ether oxygens (including phenoxy) is 1. The van der Waals surface area contributed by atoms with Crippen LogP contribution >= 0.6 is 0 Å². The molecule has 0 saturated carbocycles. The fourth-order valence-corrected chi connectivity index (χ4v) is 1.53. The van der Waals surface area contributed by atoms with E-state index in [1.165, 1.54) is 0 Å². The van der Waals surface area contributed by atoms with E-state index >= 15 is 0 Å². The standard InChI is InChI=1S/C13H21NO4/c1-12(2,3)10-9(11(15)16)18-8(14-10)7-13(4,5)17-6/h7H2,1-6H3,(H,15,16). The number of methoxy groups -OCH3 is 1. The fraction of sp³-hybridized carbons (Fsp3) is 0.692. The molecule has 1 N–H and O–H groups in total. The molecule has 1 rings (SSSR count). The summed E-state index contributed by atoms with van der Waals surface area (Å²) in [5.41, 5.74) is -0.334. The van der Waals surface area contributed by atoms with Gasteiger partial charge in [0.15, 0.2) is 5.89 Å². The number of hydrogen-bond acceptors (Lipinski definition) is 4. The molecule has 0 aromatic carbocycles. The molecule has 1 aromatic heterocycles. The quantitative estimate of drug-likeness (QED) is 0.895. The molecule has 0 atom stereocenters. The van der Waals surface area contributed by atoms with Gasteiger partial charge in [-0.05, 0) is 13.8 Å². The van der Waals surface area contributed by atoms with Gasteiger partial charge in [0.25, 0.3) is 0 Å². The summed E-state index contributed by atoms with van der Waals surface area (Å²) < 4.78 is 10.6. The number of oxazole rings is 1. The normalized spacial score (nSPS) is 12.8. The SMILES string of the molecule is COC(C)(C)Cc1nc(C(C)(C)C)c(C(=O)O)o1. The molecule has 0 radical (unpaired) electrons. The number of nitrogens with zero attached hydrogens (tertiary/aromatic N) is 1. The molecule has 0 amide bonds. The number of carboxylic acid groups (broad SMARTS) is 1. The second-order valence-corrected chi connectivity index (χ2v) is 5.98. The fourth-order valence-electron chi connectivity index (χ4n) is 1.53. The second-order valence-electron chi connectivity index (χ2n) is 5.98. The molecule has 1 aromatic rings. The lowest BCUT2D eigenvalue weighted by atomic mass is 9.91. The minimum Gasteiger partial charge on any atom is -0.475 e. The topological polar surface area (TPSA) is 72.6 Å². The Balaban J connectivity index is 3.15. The Bertz CT molecular complexity index is 440. The predicted octanol–water partition coefficient (Wildman–Crippen LogP) is 2.64. The van der Waals surface area contributed by atoms with E-state index in [1.54, 1.807) is 7.11 Å². The van der Waals surface area contributed by atoms with Crippen molar-refractivity contribution in [3.63, 3.8) is 0 Å². The molecular weight excluding hydrogens is 234 g/mol. The van der Waals surface area contributed by atoms with Gasteiger partial charge in [0, 0.05) is 12.5 Å². The van der Waals surface area contributed by atoms with Gasteiger partial charge in [-0.3, -0.25) is 0 Å². The van der Waals surface area contributed by atoms with Crippen LogP contribution in [0.1, 0.15) is 56.8 Å². The highest BCUT2D eigenvalue weighted by molar-refractivity contribution is 5.86. The Morgan fingerprint density at radius 1 is 1.33 bits per heavy atom. The van der Waals surface area contributed by atoms with Crippen LogP contribution in [0.5, 0.6) is 0 Å². The average molecular weight is 255 g/mol. The number of aromatic carboxylic acids is 1. The van der Waals surface area contributed by atoms with Gasteiger partial charge in [0.2, 0.25) is 5.76 Å². The maximum atomic E-state index is 11.2. The van der Waals surface area contributed by atoms with E-state index in [1.807, 2.05) is 34.6 Å². The van der Waals surface area contributed by atoms with Gasteiger partial charge >= 0.3 is 5.97 Å². The first-order chi connectivity index (χ1) is 8.07. The predicted molar refractivity (Wildman–Crippen MR) is 67.0 cm³/mol. The van der Waals surface area contributed by atoms with Crippen molar-refractivity contribution in [2.24, 2.45) is 0 Å². The van der Waals surface area contributed by atoms with Crippen LogP contribution in [-0.2, 0) is 16.6 Å². The van der Waals surface area contributed by atoms with E-state index in [9.17, 15) is 4.79 Å². The van der Waals surface area contributed by atoms with Crippen molar-refractivity contribution in [2.45, 2.75) is 52.1 Å². The van der Waals surface area contributed by atoms with Crippen molar-refractivity contribution in [2.75, 3.05) is 7.11 Å². The number of carboxylic acids is 1. The van der Waals surface area contributed by atoms with Crippen molar-refractivity contribution in [1.82, 2.24) is 4.98 Å². The van der Waals surface area contributed by atoms with E-state index < -0.39 is 11.6 Å². The van der Waals surface area contributed by atoms with Crippen LogP contribution in [0.2, 0.25) is 0 Å². The van der Waals surface area contributed by atoms with Gasteiger partial charge in [0.1, 0.15) is 0 Å². The minimum absolute atomic E-state index is 0.0793. The highest BCUT2D eigenvalue weighted by Crippen LogP contribution is 2.27. The third-order valence-corrected chi connectivity index (χ3v) is 2.71. The van der Waals surface area contributed by atoms with Crippen LogP contribution < -0.4 is 0 Å². The zero-order chi connectivity index (χ0) is 14.1. The van der Waals surface area contributed by atoms with Gasteiger partial charge < -0.3 is 14.3 Å². The van der Waals surface area contributed by atoms with E-state index in [-0.39, 0.29) is 11.2 Å². The van der Waals surface area contributed by atoms with Crippen LogP contribution in [-0.4, -0.2) is 28.8 Å². The molecular formula is C13H21NO4. The van der Waals surface area contributed by atoms with Crippen molar-refractivity contribution in [3.05, 3.63) is 17.3 Å². The third-order valence-electron chi connectivity index (χ3n) is 2.71. The lowest BCUT2D eigenvalue weighted by molar-refractivity contribution is 0.0176. The molecule has 102 valence electrons. The van der Waals surface area contributed by atoms with Crippen LogP contribution in [0, 0.1) is 0 Å². The van der Waals surface area contributed by atoms with Gasteiger partial charge in [-0.15, -0.1) is 0 Å². The van der Waals surface area contributed by atoms with Crippen molar-refractivity contribution >= 4 is 5.97 Å². The summed E-state index contributed by atoms with van der Waals surface area (Å²) in [5.74, 6) is -0.775. The van der Waals surface area contributed by atoms with Crippen LogP contribution in [0.15, 0.2) is 4.42 Å². The van der Waals surface area contributed by atoms with Crippen LogP contribution in [0.25, 0.3) is 0 Å². The first-order valence-electron chi connectivity index (χ1n) is 5.85. The van der Waals surface area contributed by atoms with Gasteiger partial charge in [-0.2, -0.15) is 0 Å². The second kappa shape index (κ2) is 4.72. The third kappa shape index (κ3) is 3.32. The Morgan fingerprint density at radius 2 is 1.89 bits per heavy atom. The first-order valence-corrected chi connectivity index (χ1v) is 5.85. The molecule has 0 bridgehead atoms. The summed E-state index contributed by atoms with van der Waals surface area (Å²) in [6.07, 6.45) is 0.430. The molecule has 18 heavy (non-hydrogen) atoms. The van der Waals surface area contributed by atoms with E-state index in [0.717, 1.165) is 0 Å². The lowest BCUT2D eigenvalue weighted by Gasteiger charge is -2.20.